The number of benzene rings is 2. The number of hydrogen-bond acceptors (Lipinski definition) is 5. The second-order valence-electron chi connectivity index (χ2n) is 5.90. The molecule has 122 valence electrons. The molecule has 3 aromatic rings. The first-order valence-electron chi connectivity index (χ1n) is 8.15. The lowest BCUT2D eigenvalue weighted by Crippen LogP contribution is -2.43. The zero-order chi connectivity index (χ0) is 16.4. The minimum Gasteiger partial charge on any atom is -0.421 e. The molecule has 1 saturated heterocycles. The monoisotopic (exact) mass is 321 g/mol. The Balaban J connectivity index is 1.67. The summed E-state index contributed by atoms with van der Waals surface area (Å²) in [5, 5.41) is 7.36. The largest absolute Gasteiger partial charge is 0.421 e. The molecule has 5 heteroatoms. The van der Waals surface area contributed by atoms with Crippen LogP contribution in [-0.4, -0.2) is 26.2 Å². The minimum atomic E-state index is -0.358. The normalized spacial score (nSPS) is 14.8. The molecule has 2 N–H and O–H groups in total. The molecule has 5 nitrogen and oxygen atoms in total. The first kappa shape index (κ1) is 14.8. The van der Waals surface area contributed by atoms with Crippen molar-refractivity contribution in [1.82, 2.24) is 5.32 Å². The van der Waals surface area contributed by atoms with E-state index >= 15 is 0 Å². The molecule has 1 aliphatic rings. The van der Waals surface area contributed by atoms with Crippen molar-refractivity contribution in [2.45, 2.75) is 0 Å². The van der Waals surface area contributed by atoms with E-state index in [9.17, 15) is 4.79 Å². The maximum absolute atomic E-state index is 12.3. The van der Waals surface area contributed by atoms with Gasteiger partial charge in [0.25, 0.3) is 0 Å². The van der Waals surface area contributed by atoms with Gasteiger partial charge >= 0.3 is 5.63 Å². The molecule has 0 spiro atoms. The maximum atomic E-state index is 12.3. The maximum Gasteiger partial charge on any atom is 0.360 e. The predicted molar refractivity (Wildman–Crippen MR) is 97.3 cm³/mol. The molecular weight excluding hydrogens is 302 g/mol. The van der Waals surface area contributed by atoms with Crippen LogP contribution in [0.5, 0.6) is 0 Å². The van der Waals surface area contributed by atoms with Gasteiger partial charge in [0.15, 0.2) is 0 Å². The standard InChI is InChI=1S/C19H19N3O2/c23-19-17(21-15-4-2-1-3-5-15)12-14-6-7-16(13-18(14)24-19)22-10-8-20-9-11-22/h1-7,12-13,20-21H,8-11H2. The van der Waals surface area contributed by atoms with Crippen LogP contribution in [0, 0.1) is 0 Å². The SMILES string of the molecule is O=c1oc2cc(N3CCNCC3)ccc2cc1Nc1ccccc1. The number of rotatable bonds is 3. The fourth-order valence-electron chi connectivity index (χ4n) is 2.98. The summed E-state index contributed by atoms with van der Waals surface area (Å²) in [5.41, 5.74) is 2.67. The third kappa shape index (κ3) is 2.98. The van der Waals surface area contributed by atoms with Crippen LogP contribution in [0.4, 0.5) is 17.1 Å². The molecule has 2 aromatic carbocycles. The van der Waals surface area contributed by atoms with Crippen LogP contribution < -0.4 is 21.2 Å². The lowest BCUT2D eigenvalue weighted by Gasteiger charge is -2.29. The van der Waals surface area contributed by atoms with Crippen LogP contribution in [0.15, 0.2) is 63.8 Å². The first-order valence-corrected chi connectivity index (χ1v) is 8.15. The second-order valence-corrected chi connectivity index (χ2v) is 5.90. The Morgan fingerprint density at radius 3 is 2.58 bits per heavy atom. The van der Waals surface area contributed by atoms with Gasteiger partial charge in [0.1, 0.15) is 11.3 Å². The number of fused-ring (bicyclic) bond motifs is 1. The van der Waals surface area contributed by atoms with E-state index in [1.165, 1.54) is 0 Å². The van der Waals surface area contributed by atoms with Crippen molar-refractivity contribution in [3.05, 3.63) is 65.0 Å². The summed E-state index contributed by atoms with van der Waals surface area (Å²) in [7, 11) is 0. The van der Waals surface area contributed by atoms with Crippen LogP contribution >= 0.6 is 0 Å². The summed E-state index contributed by atoms with van der Waals surface area (Å²) < 4.78 is 5.54. The molecule has 4 rings (SSSR count). The van der Waals surface area contributed by atoms with E-state index in [1.54, 1.807) is 0 Å². The van der Waals surface area contributed by atoms with E-state index in [4.69, 9.17) is 4.42 Å². The minimum absolute atomic E-state index is 0.358. The Morgan fingerprint density at radius 1 is 1.00 bits per heavy atom. The van der Waals surface area contributed by atoms with Crippen molar-refractivity contribution in [2.24, 2.45) is 0 Å². The fourth-order valence-corrected chi connectivity index (χ4v) is 2.98. The van der Waals surface area contributed by atoms with E-state index in [1.807, 2.05) is 48.5 Å². The highest BCUT2D eigenvalue weighted by Gasteiger charge is 2.12. The summed E-state index contributed by atoms with van der Waals surface area (Å²) in [6.07, 6.45) is 0. The third-order valence-electron chi connectivity index (χ3n) is 4.25. The zero-order valence-corrected chi connectivity index (χ0v) is 13.3. The molecule has 0 bridgehead atoms. The molecule has 0 radical (unpaired) electrons. The van der Waals surface area contributed by atoms with Crippen molar-refractivity contribution in [1.29, 1.82) is 0 Å². The summed E-state index contributed by atoms with van der Waals surface area (Å²) in [6, 6.07) is 17.5. The van der Waals surface area contributed by atoms with E-state index in [0.717, 1.165) is 42.9 Å². The summed E-state index contributed by atoms with van der Waals surface area (Å²) >= 11 is 0. The lowest BCUT2D eigenvalue weighted by atomic mass is 10.2. The molecule has 1 fully saturated rings. The number of para-hydroxylation sites is 1. The number of piperazine rings is 1. The summed E-state index contributed by atoms with van der Waals surface area (Å²) in [5.74, 6) is 0. The Bertz CT molecular complexity index is 899. The molecule has 0 amide bonds. The van der Waals surface area contributed by atoms with Gasteiger partial charge in [-0.3, -0.25) is 0 Å². The van der Waals surface area contributed by atoms with Crippen molar-refractivity contribution >= 4 is 28.0 Å². The summed E-state index contributed by atoms with van der Waals surface area (Å²) in [6.45, 7) is 3.87. The predicted octanol–water partition coefficient (Wildman–Crippen LogP) is 2.95. The van der Waals surface area contributed by atoms with Gasteiger partial charge < -0.3 is 20.0 Å². The first-order chi connectivity index (χ1) is 11.8. The highest BCUT2D eigenvalue weighted by atomic mass is 16.4. The zero-order valence-electron chi connectivity index (χ0n) is 13.3. The van der Waals surface area contributed by atoms with Crippen LogP contribution in [-0.2, 0) is 0 Å². The molecular formula is C19H19N3O2. The van der Waals surface area contributed by atoms with Crippen LogP contribution in [0.2, 0.25) is 0 Å². The Hall–Kier alpha value is -2.79. The molecule has 24 heavy (non-hydrogen) atoms. The molecule has 2 heterocycles. The van der Waals surface area contributed by atoms with E-state index in [-0.39, 0.29) is 5.63 Å². The van der Waals surface area contributed by atoms with Gasteiger partial charge in [0, 0.05) is 49.0 Å². The number of hydrogen-bond donors (Lipinski definition) is 2. The van der Waals surface area contributed by atoms with Crippen LogP contribution in [0.25, 0.3) is 11.0 Å². The summed E-state index contributed by atoms with van der Waals surface area (Å²) in [4.78, 5) is 14.6. The van der Waals surface area contributed by atoms with Gasteiger partial charge in [-0.1, -0.05) is 18.2 Å². The molecule has 1 aliphatic heterocycles. The lowest BCUT2D eigenvalue weighted by molar-refractivity contribution is 0.562. The Kier molecular flexibility index (Phi) is 3.92. The van der Waals surface area contributed by atoms with Gasteiger partial charge in [0.2, 0.25) is 0 Å². The van der Waals surface area contributed by atoms with E-state index in [2.05, 4.69) is 21.6 Å². The van der Waals surface area contributed by atoms with Gasteiger partial charge in [-0.25, -0.2) is 4.79 Å². The second kappa shape index (κ2) is 6.37. The molecule has 0 atom stereocenters. The van der Waals surface area contributed by atoms with Crippen molar-refractivity contribution < 1.29 is 4.42 Å². The molecule has 0 saturated carbocycles. The molecule has 0 unspecified atom stereocenters. The Labute approximate surface area is 139 Å². The fraction of sp³-hybridized carbons (Fsp3) is 0.211. The average Bonchev–Trinajstić information content (AvgIpc) is 2.63. The van der Waals surface area contributed by atoms with Crippen molar-refractivity contribution in [3.8, 4) is 0 Å². The number of anilines is 3. The van der Waals surface area contributed by atoms with Gasteiger partial charge in [0.05, 0.1) is 0 Å². The van der Waals surface area contributed by atoms with Gasteiger partial charge in [-0.05, 0) is 30.3 Å². The highest BCUT2D eigenvalue weighted by Crippen LogP contribution is 2.24. The van der Waals surface area contributed by atoms with Gasteiger partial charge in [-0.15, -0.1) is 0 Å². The highest BCUT2D eigenvalue weighted by molar-refractivity contribution is 5.83. The average molecular weight is 321 g/mol. The topological polar surface area (TPSA) is 57.5 Å². The molecule has 0 aliphatic carbocycles. The molecule has 1 aromatic heterocycles. The van der Waals surface area contributed by atoms with Crippen molar-refractivity contribution in [2.75, 3.05) is 36.4 Å². The van der Waals surface area contributed by atoms with Crippen molar-refractivity contribution in [3.63, 3.8) is 0 Å². The number of nitrogens with zero attached hydrogens (tertiary/aromatic N) is 1. The van der Waals surface area contributed by atoms with E-state index in [0.29, 0.717) is 11.3 Å². The van der Waals surface area contributed by atoms with Gasteiger partial charge in [-0.2, -0.15) is 0 Å². The van der Waals surface area contributed by atoms with Crippen LogP contribution in [0.3, 0.4) is 0 Å². The Morgan fingerprint density at radius 2 is 1.79 bits per heavy atom. The van der Waals surface area contributed by atoms with Crippen LogP contribution in [0.1, 0.15) is 0 Å². The quantitative estimate of drug-likeness (QED) is 0.727. The van der Waals surface area contributed by atoms with E-state index < -0.39 is 0 Å². The third-order valence-corrected chi connectivity index (χ3v) is 4.25. The number of nitrogens with one attached hydrogen (secondary N) is 2. The smallest absolute Gasteiger partial charge is 0.360 e.